The molecule has 2 rings (SSSR count). The molecule has 0 atom stereocenters. The molecule has 1 fully saturated rings. The lowest BCUT2D eigenvalue weighted by Gasteiger charge is -2.39. The van der Waals surface area contributed by atoms with Gasteiger partial charge in [0.15, 0.2) is 0 Å². The first-order valence-corrected chi connectivity index (χ1v) is 6.39. The predicted molar refractivity (Wildman–Crippen MR) is 70.1 cm³/mol. The van der Waals surface area contributed by atoms with Crippen molar-refractivity contribution in [1.29, 1.82) is 0 Å². The zero-order valence-corrected chi connectivity index (χ0v) is 10.5. The van der Waals surface area contributed by atoms with Gasteiger partial charge in [-0.2, -0.15) is 0 Å². The summed E-state index contributed by atoms with van der Waals surface area (Å²) in [5.74, 6) is 0.643. The third-order valence-electron chi connectivity index (χ3n) is 3.11. The lowest BCUT2D eigenvalue weighted by Crippen LogP contribution is -2.48. The molecule has 0 spiro atoms. The highest BCUT2D eigenvalue weighted by molar-refractivity contribution is 5.45. The molecule has 1 N–H and O–H groups in total. The maximum Gasteiger partial charge on any atom is 0.207 e. The Hall–Kier alpha value is -1.39. The van der Waals surface area contributed by atoms with E-state index in [1.165, 1.54) is 5.56 Å². The molecule has 4 nitrogen and oxygen atoms in total. The highest BCUT2D eigenvalue weighted by Gasteiger charge is 2.26. The van der Waals surface area contributed by atoms with E-state index in [9.17, 15) is 4.79 Å². The lowest BCUT2D eigenvalue weighted by molar-refractivity contribution is -0.109. The zero-order chi connectivity index (χ0) is 12.6. The molecule has 0 aliphatic carbocycles. The fourth-order valence-corrected chi connectivity index (χ4v) is 2.19. The van der Waals surface area contributed by atoms with Crippen LogP contribution in [-0.2, 0) is 16.1 Å². The van der Waals surface area contributed by atoms with Crippen molar-refractivity contribution in [3.63, 3.8) is 0 Å². The number of nitrogens with one attached hydrogen (secondary N) is 1. The van der Waals surface area contributed by atoms with Crippen LogP contribution in [0.1, 0.15) is 5.56 Å². The van der Waals surface area contributed by atoms with Gasteiger partial charge in [-0.15, -0.1) is 0 Å². The zero-order valence-electron chi connectivity index (χ0n) is 10.5. The van der Waals surface area contributed by atoms with Gasteiger partial charge in [-0.3, -0.25) is 9.69 Å². The molecule has 0 bridgehead atoms. The van der Waals surface area contributed by atoms with Crippen LogP contribution in [0, 0.1) is 5.92 Å². The van der Waals surface area contributed by atoms with Crippen LogP contribution in [0.3, 0.4) is 0 Å². The minimum atomic E-state index is 0.601. The number of carbonyl (C=O) groups is 1. The molecule has 1 heterocycles. The van der Waals surface area contributed by atoms with Gasteiger partial charge in [0.25, 0.3) is 0 Å². The van der Waals surface area contributed by atoms with Crippen LogP contribution in [0.4, 0.5) is 0 Å². The average molecular weight is 248 g/mol. The number of hydrogen-bond acceptors (Lipinski definition) is 3. The number of rotatable bonds is 8. The number of ether oxygens (including phenoxy) is 1. The molecule has 0 saturated carbocycles. The van der Waals surface area contributed by atoms with Crippen LogP contribution >= 0.6 is 0 Å². The van der Waals surface area contributed by atoms with E-state index in [1.54, 1.807) is 0 Å². The first kappa shape index (κ1) is 13.1. The molecule has 1 aromatic rings. The SMILES string of the molecule is O=CNCCOCC1CN(Cc2ccccc2)C1. The quantitative estimate of drug-likeness (QED) is 0.548. The summed E-state index contributed by atoms with van der Waals surface area (Å²) >= 11 is 0. The first-order valence-electron chi connectivity index (χ1n) is 6.39. The van der Waals surface area contributed by atoms with Gasteiger partial charge in [0.2, 0.25) is 6.41 Å². The van der Waals surface area contributed by atoms with E-state index in [1.807, 2.05) is 6.07 Å². The largest absolute Gasteiger partial charge is 0.379 e. The number of carbonyl (C=O) groups excluding carboxylic acids is 1. The summed E-state index contributed by atoms with van der Waals surface area (Å²) in [6.45, 7) is 5.25. The molecule has 0 radical (unpaired) electrons. The second kappa shape index (κ2) is 7.13. The monoisotopic (exact) mass is 248 g/mol. The summed E-state index contributed by atoms with van der Waals surface area (Å²) in [7, 11) is 0. The summed E-state index contributed by atoms with van der Waals surface area (Å²) in [5.41, 5.74) is 1.37. The van der Waals surface area contributed by atoms with Crippen molar-refractivity contribution in [2.45, 2.75) is 6.54 Å². The minimum Gasteiger partial charge on any atom is -0.379 e. The molecular weight excluding hydrogens is 228 g/mol. The van der Waals surface area contributed by atoms with Gasteiger partial charge in [0.05, 0.1) is 13.2 Å². The van der Waals surface area contributed by atoms with E-state index in [2.05, 4.69) is 34.5 Å². The molecule has 1 saturated heterocycles. The van der Waals surface area contributed by atoms with Crippen LogP contribution in [0.25, 0.3) is 0 Å². The Bertz CT molecular complexity index is 350. The standard InChI is InChI=1S/C14H20N2O2/c17-12-15-6-7-18-11-14-9-16(10-14)8-13-4-2-1-3-5-13/h1-5,12,14H,6-11H2,(H,15,17). The third-order valence-corrected chi connectivity index (χ3v) is 3.11. The van der Waals surface area contributed by atoms with Gasteiger partial charge in [0, 0.05) is 32.1 Å². The second-order valence-electron chi connectivity index (χ2n) is 4.69. The Morgan fingerprint density at radius 1 is 1.33 bits per heavy atom. The Balaban J connectivity index is 1.53. The van der Waals surface area contributed by atoms with E-state index in [4.69, 9.17) is 4.74 Å². The minimum absolute atomic E-state index is 0.601. The first-order chi connectivity index (χ1) is 8.88. The molecular formula is C14H20N2O2. The highest BCUT2D eigenvalue weighted by atomic mass is 16.5. The number of amides is 1. The van der Waals surface area contributed by atoms with Crippen molar-refractivity contribution >= 4 is 6.41 Å². The fraction of sp³-hybridized carbons (Fsp3) is 0.500. The van der Waals surface area contributed by atoms with Crippen LogP contribution < -0.4 is 5.32 Å². The Kier molecular flexibility index (Phi) is 5.17. The number of benzene rings is 1. The predicted octanol–water partition coefficient (Wildman–Crippen LogP) is 0.881. The molecule has 1 aliphatic heterocycles. The summed E-state index contributed by atoms with van der Waals surface area (Å²) in [6.07, 6.45) is 0.703. The number of nitrogens with zero attached hydrogens (tertiary/aromatic N) is 1. The van der Waals surface area contributed by atoms with E-state index in [0.717, 1.165) is 26.2 Å². The molecule has 1 aliphatic rings. The van der Waals surface area contributed by atoms with Gasteiger partial charge in [-0.1, -0.05) is 30.3 Å². The molecule has 1 amide bonds. The van der Waals surface area contributed by atoms with E-state index < -0.39 is 0 Å². The normalized spacial score (nSPS) is 16.2. The maximum absolute atomic E-state index is 10.0. The van der Waals surface area contributed by atoms with Gasteiger partial charge in [0.1, 0.15) is 0 Å². The van der Waals surface area contributed by atoms with Crippen LogP contribution in [0.5, 0.6) is 0 Å². The summed E-state index contributed by atoms with van der Waals surface area (Å²) in [5, 5.41) is 2.58. The van der Waals surface area contributed by atoms with Crippen molar-refractivity contribution < 1.29 is 9.53 Å². The molecule has 1 aromatic carbocycles. The van der Waals surface area contributed by atoms with Crippen molar-refractivity contribution in [1.82, 2.24) is 10.2 Å². The molecule has 4 heteroatoms. The lowest BCUT2D eigenvalue weighted by atomic mass is 10.0. The van der Waals surface area contributed by atoms with Gasteiger partial charge < -0.3 is 10.1 Å². The van der Waals surface area contributed by atoms with E-state index in [-0.39, 0.29) is 0 Å². The van der Waals surface area contributed by atoms with Crippen LogP contribution in [0.15, 0.2) is 30.3 Å². The molecule has 0 aromatic heterocycles. The summed E-state index contributed by atoms with van der Waals surface area (Å²) in [6, 6.07) is 10.5. The Morgan fingerprint density at radius 2 is 2.11 bits per heavy atom. The Morgan fingerprint density at radius 3 is 2.83 bits per heavy atom. The topological polar surface area (TPSA) is 41.6 Å². The molecule has 18 heavy (non-hydrogen) atoms. The number of hydrogen-bond donors (Lipinski definition) is 1. The van der Waals surface area contributed by atoms with Crippen LogP contribution in [0.2, 0.25) is 0 Å². The van der Waals surface area contributed by atoms with Crippen molar-refractivity contribution in [3.8, 4) is 0 Å². The van der Waals surface area contributed by atoms with Gasteiger partial charge >= 0.3 is 0 Å². The number of likely N-dealkylation sites (tertiary alicyclic amines) is 1. The highest BCUT2D eigenvalue weighted by Crippen LogP contribution is 2.18. The Labute approximate surface area is 108 Å². The summed E-state index contributed by atoms with van der Waals surface area (Å²) < 4.78 is 5.49. The molecule has 0 unspecified atom stereocenters. The van der Waals surface area contributed by atoms with Crippen LogP contribution in [-0.4, -0.2) is 44.2 Å². The fourth-order valence-electron chi connectivity index (χ4n) is 2.19. The molecule has 98 valence electrons. The van der Waals surface area contributed by atoms with Gasteiger partial charge in [-0.05, 0) is 5.56 Å². The van der Waals surface area contributed by atoms with Crippen molar-refractivity contribution in [3.05, 3.63) is 35.9 Å². The third kappa shape index (κ3) is 4.13. The maximum atomic E-state index is 10.0. The van der Waals surface area contributed by atoms with Crippen molar-refractivity contribution in [2.24, 2.45) is 5.92 Å². The smallest absolute Gasteiger partial charge is 0.207 e. The average Bonchev–Trinajstić information content (AvgIpc) is 2.36. The van der Waals surface area contributed by atoms with E-state index >= 15 is 0 Å². The van der Waals surface area contributed by atoms with Crippen molar-refractivity contribution in [2.75, 3.05) is 32.8 Å². The summed E-state index contributed by atoms with van der Waals surface area (Å²) in [4.78, 5) is 12.4. The second-order valence-corrected chi connectivity index (χ2v) is 4.69. The van der Waals surface area contributed by atoms with E-state index in [0.29, 0.717) is 25.5 Å². The van der Waals surface area contributed by atoms with Gasteiger partial charge in [-0.25, -0.2) is 0 Å².